The third-order valence-corrected chi connectivity index (χ3v) is 3.46. The Morgan fingerprint density at radius 2 is 2.17 bits per heavy atom. The van der Waals surface area contributed by atoms with Crippen molar-refractivity contribution in [2.75, 3.05) is 32.5 Å². The zero-order valence-electron chi connectivity index (χ0n) is 11.0. The molecule has 0 saturated carbocycles. The van der Waals surface area contributed by atoms with Crippen LogP contribution >= 0.6 is 0 Å². The fourth-order valence-electron chi connectivity index (χ4n) is 2.18. The second-order valence-electron chi connectivity index (χ2n) is 4.79. The molecule has 1 aliphatic heterocycles. The molecule has 5 heteroatoms. The molecule has 2 amide bonds. The van der Waals surface area contributed by atoms with E-state index in [1.165, 1.54) is 0 Å². The van der Waals surface area contributed by atoms with E-state index >= 15 is 0 Å². The molecule has 2 heterocycles. The standard InChI is InChI=1S/C13H20N4O/c1-16-9-6-11(7-10-16)17(2)13(18)15-12-5-3-4-8-14-12/h3-5,8,11H,6-7,9-10H2,1-2H3,(H,14,15,18). The van der Waals surface area contributed by atoms with Gasteiger partial charge in [-0.2, -0.15) is 0 Å². The first-order chi connectivity index (χ1) is 8.66. The molecule has 1 aromatic rings. The summed E-state index contributed by atoms with van der Waals surface area (Å²) in [5, 5.41) is 2.81. The van der Waals surface area contributed by atoms with Crippen LogP contribution in [-0.2, 0) is 0 Å². The molecule has 0 bridgehead atoms. The molecule has 5 nitrogen and oxygen atoms in total. The van der Waals surface area contributed by atoms with Gasteiger partial charge in [-0.3, -0.25) is 5.32 Å². The first kappa shape index (κ1) is 12.8. The van der Waals surface area contributed by atoms with Crippen LogP contribution in [0.15, 0.2) is 24.4 Å². The van der Waals surface area contributed by atoms with Gasteiger partial charge in [-0.05, 0) is 45.1 Å². The number of likely N-dealkylation sites (tertiary alicyclic amines) is 1. The lowest BCUT2D eigenvalue weighted by Gasteiger charge is -2.34. The van der Waals surface area contributed by atoms with Crippen LogP contribution in [-0.4, -0.2) is 54.0 Å². The summed E-state index contributed by atoms with van der Waals surface area (Å²) in [5.41, 5.74) is 0. The fraction of sp³-hybridized carbons (Fsp3) is 0.538. The third kappa shape index (κ3) is 3.20. The van der Waals surface area contributed by atoms with Gasteiger partial charge in [0.25, 0.3) is 0 Å². The van der Waals surface area contributed by atoms with E-state index in [2.05, 4.69) is 22.2 Å². The molecule has 1 aromatic heterocycles. The predicted molar refractivity (Wildman–Crippen MR) is 71.5 cm³/mol. The zero-order valence-corrected chi connectivity index (χ0v) is 11.0. The number of amides is 2. The molecular weight excluding hydrogens is 228 g/mol. The minimum Gasteiger partial charge on any atom is -0.324 e. The quantitative estimate of drug-likeness (QED) is 0.865. The Morgan fingerprint density at radius 1 is 1.44 bits per heavy atom. The molecule has 0 aromatic carbocycles. The van der Waals surface area contributed by atoms with Gasteiger partial charge in [0, 0.05) is 19.3 Å². The van der Waals surface area contributed by atoms with Gasteiger partial charge in [0.15, 0.2) is 0 Å². The summed E-state index contributed by atoms with van der Waals surface area (Å²) >= 11 is 0. The molecular formula is C13H20N4O. The summed E-state index contributed by atoms with van der Waals surface area (Å²) in [5.74, 6) is 0.599. The zero-order chi connectivity index (χ0) is 13.0. The van der Waals surface area contributed by atoms with Crippen LogP contribution in [0.4, 0.5) is 10.6 Å². The molecule has 2 rings (SSSR count). The normalized spacial score (nSPS) is 17.4. The number of anilines is 1. The summed E-state index contributed by atoms with van der Waals surface area (Å²) < 4.78 is 0. The molecule has 98 valence electrons. The number of rotatable bonds is 2. The van der Waals surface area contributed by atoms with Crippen molar-refractivity contribution in [2.24, 2.45) is 0 Å². The van der Waals surface area contributed by atoms with E-state index in [-0.39, 0.29) is 6.03 Å². The molecule has 1 saturated heterocycles. The van der Waals surface area contributed by atoms with Gasteiger partial charge in [-0.15, -0.1) is 0 Å². The Labute approximate surface area is 108 Å². The van der Waals surface area contributed by atoms with Crippen molar-refractivity contribution >= 4 is 11.8 Å². The van der Waals surface area contributed by atoms with E-state index in [0.717, 1.165) is 25.9 Å². The highest BCUT2D eigenvalue weighted by Crippen LogP contribution is 2.15. The second-order valence-corrected chi connectivity index (χ2v) is 4.79. The highest BCUT2D eigenvalue weighted by atomic mass is 16.2. The van der Waals surface area contributed by atoms with E-state index < -0.39 is 0 Å². The lowest BCUT2D eigenvalue weighted by molar-refractivity contribution is 0.156. The van der Waals surface area contributed by atoms with Gasteiger partial charge >= 0.3 is 6.03 Å². The van der Waals surface area contributed by atoms with Crippen LogP contribution in [0.3, 0.4) is 0 Å². The summed E-state index contributed by atoms with van der Waals surface area (Å²) in [7, 11) is 3.97. The fourth-order valence-corrected chi connectivity index (χ4v) is 2.18. The Morgan fingerprint density at radius 3 is 2.78 bits per heavy atom. The van der Waals surface area contributed by atoms with Crippen LogP contribution in [0.25, 0.3) is 0 Å². The van der Waals surface area contributed by atoms with Gasteiger partial charge in [0.05, 0.1) is 0 Å². The summed E-state index contributed by atoms with van der Waals surface area (Å²) in [6.07, 6.45) is 3.73. The monoisotopic (exact) mass is 248 g/mol. The number of piperidine rings is 1. The van der Waals surface area contributed by atoms with Crippen molar-refractivity contribution in [3.63, 3.8) is 0 Å². The van der Waals surface area contributed by atoms with Crippen molar-refractivity contribution in [3.05, 3.63) is 24.4 Å². The Kier molecular flexibility index (Phi) is 4.15. The van der Waals surface area contributed by atoms with Gasteiger partial charge in [-0.1, -0.05) is 6.07 Å². The maximum Gasteiger partial charge on any atom is 0.323 e. The minimum absolute atomic E-state index is 0.0803. The number of urea groups is 1. The smallest absolute Gasteiger partial charge is 0.323 e. The van der Waals surface area contributed by atoms with E-state index in [1.54, 1.807) is 17.2 Å². The van der Waals surface area contributed by atoms with Crippen molar-refractivity contribution in [3.8, 4) is 0 Å². The number of nitrogens with one attached hydrogen (secondary N) is 1. The minimum atomic E-state index is -0.0803. The second kappa shape index (κ2) is 5.82. The molecule has 0 aliphatic carbocycles. The summed E-state index contributed by atoms with van der Waals surface area (Å²) in [6, 6.07) is 5.72. The van der Waals surface area contributed by atoms with Crippen LogP contribution in [0.1, 0.15) is 12.8 Å². The van der Waals surface area contributed by atoms with Gasteiger partial charge < -0.3 is 9.80 Å². The van der Waals surface area contributed by atoms with E-state index in [0.29, 0.717) is 11.9 Å². The number of nitrogens with zero attached hydrogens (tertiary/aromatic N) is 3. The van der Waals surface area contributed by atoms with Crippen LogP contribution < -0.4 is 5.32 Å². The summed E-state index contributed by atoms with van der Waals surface area (Å²) in [6.45, 7) is 2.09. The van der Waals surface area contributed by atoms with E-state index in [9.17, 15) is 4.79 Å². The van der Waals surface area contributed by atoms with Crippen molar-refractivity contribution in [1.29, 1.82) is 0 Å². The average Bonchev–Trinajstić information content (AvgIpc) is 2.40. The number of carbonyl (C=O) groups excluding carboxylic acids is 1. The summed E-state index contributed by atoms with van der Waals surface area (Å²) in [4.78, 5) is 20.2. The highest BCUT2D eigenvalue weighted by Gasteiger charge is 2.23. The predicted octanol–water partition coefficient (Wildman–Crippen LogP) is 1.64. The van der Waals surface area contributed by atoms with Crippen molar-refractivity contribution < 1.29 is 4.79 Å². The number of pyridine rings is 1. The molecule has 0 atom stereocenters. The van der Waals surface area contributed by atoms with Gasteiger partial charge in [0.1, 0.15) is 5.82 Å². The number of hydrogen-bond donors (Lipinski definition) is 1. The first-order valence-corrected chi connectivity index (χ1v) is 6.30. The average molecular weight is 248 g/mol. The van der Waals surface area contributed by atoms with E-state index in [4.69, 9.17) is 0 Å². The van der Waals surface area contributed by atoms with E-state index in [1.807, 2.05) is 19.2 Å². The number of aromatic nitrogens is 1. The van der Waals surface area contributed by atoms with Gasteiger partial charge in [-0.25, -0.2) is 9.78 Å². The van der Waals surface area contributed by atoms with Crippen molar-refractivity contribution in [1.82, 2.24) is 14.8 Å². The van der Waals surface area contributed by atoms with Crippen LogP contribution in [0, 0.1) is 0 Å². The number of hydrogen-bond acceptors (Lipinski definition) is 3. The molecule has 1 fully saturated rings. The third-order valence-electron chi connectivity index (χ3n) is 3.46. The maximum absolute atomic E-state index is 12.1. The van der Waals surface area contributed by atoms with Crippen molar-refractivity contribution in [2.45, 2.75) is 18.9 Å². The Hall–Kier alpha value is -1.62. The molecule has 0 radical (unpaired) electrons. The molecule has 1 aliphatic rings. The topological polar surface area (TPSA) is 48.5 Å². The maximum atomic E-state index is 12.1. The Bertz CT molecular complexity index is 387. The molecule has 18 heavy (non-hydrogen) atoms. The first-order valence-electron chi connectivity index (χ1n) is 6.30. The lowest BCUT2D eigenvalue weighted by Crippen LogP contribution is -2.46. The lowest BCUT2D eigenvalue weighted by atomic mass is 10.0. The van der Waals surface area contributed by atoms with Crippen LogP contribution in [0.5, 0.6) is 0 Å². The number of carbonyl (C=O) groups is 1. The Balaban J connectivity index is 1.89. The van der Waals surface area contributed by atoms with Gasteiger partial charge in [0.2, 0.25) is 0 Å². The van der Waals surface area contributed by atoms with Crippen LogP contribution in [0.2, 0.25) is 0 Å². The SMILES string of the molecule is CN1CCC(N(C)C(=O)Nc2ccccn2)CC1. The molecule has 1 N–H and O–H groups in total. The highest BCUT2D eigenvalue weighted by molar-refractivity contribution is 5.88. The molecule has 0 unspecified atom stereocenters. The molecule has 0 spiro atoms. The largest absolute Gasteiger partial charge is 0.324 e.